The Labute approximate surface area is 164 Å². The number of H-pyrrole nitrogens is 1. The van der Waals surface area contributed by atoms with E-state index in [-0.39, 0.29) is 11.2 Å². The van der Waals surface area contributed by atoms with Gasteiger partial charge in [0.1, 0.15) is 11.5 Å². The molecule has 0 bridgehead atoms. The van der Waals surface area contributed by atoms with Crippen LogP contribution in [0, 0.1) is 5.41 Å². The number of pyridine rings is 1. The van der Waals surface area contributed by atoms with Gasteiger partial charge in [-0.05, 0) is 30.7 Å². The highest BCUT2D eigenvalue weighted by Gasteiger charge is 2.24. The maximum Gasteiger partial charge on any atom is 0.180 e. The number of anilines is 1. The summed E-state index contributed by atoms with van der Waals surface area (Å²) in [4.78, 5) is 28.6. The van der Waals surface area contributed by atoms with Gasteiger partial charge in [-0.25, -0.2) is 9.97 Å². The van der Waals surface area contributed by atoms with Crippen LogP contribution in [0.15, 0.2) is 18.5 Å². The molecule has 0 unspecified atom stereocenters. The summed E-state index contributed by atoms with van der Waals surface area (Å²) in [5.41, 5.74) is 3.83. The average Bonchev–Trinajstić information content (AvgIpc) is 3.27. The van der Waals surface area contributed by atoms with Crippen molar-refractivity contribution in [3.63, 3.8) is 0 Å². The van der Waals surface area contributed by atoms with Crippen LogP contribution in [0.1, 0.15) is 44.9 Å². The smallest absolute Gasteiger partial charge is 0.180 e. The molecule has 3 aromatic rings. The quantitative estimate of drug-likeness (QED) is 0.732. The Morgan fingerprint density at radius 2 is 2.04 bits per heavy atom. The summed E-state index contributed by atoms with van der Waals surface area (Å²) in [6.45, 7) is 6.61. The number of rotatable bonds is 5. The molecule has 4 rings (SSSR count). The van der Waals surface area contributed by atoms with Crippen LogP contribution < -0.4 is 4.90 Å². The molecule has 0 fully saturated rings. The van der Waals surface area contributed by atoms with Crippen LogP contribution in [0.5, 0.6) is 0 Å². The fourth-order valence-corrected chi connectivity index (χ4v) is 3.79. The molecule has 0 amide bonds. The largest absolute Gasteiger partial charge is 0.352 e. The molecule has 146 valence electrons. The number of aromatic amines is 1. The van der Waals surface area contributed by atoms with Gasteiger partial charge in [0.15, 0.2) is 11.6 Å². The second kappa shape index (κ2) is 6.96. The van der Waals surface area contributed by atoms with Crippen molar-refractivity contribution in [1.29, 1.82) is 0 Å². The molecule has 0 spiro atoms. The molecule has 7 nitrogen and oxygen atoms in total. The first-order valence-electron chi connectivity index (χ1n) is 9.72. The van der Waals surface area contributed by atoms with E-state index < -0.39 is 0 Å². The van der Waals surface area contributed by atoms with Crippen molar-refractivity contribution in [3.8, 4) is 11.5 Å². The lowest BCUT2D eigenvalue weighted by Crippen LogP contribution is -2.30. The van der Waals surface area contributed by atoms with E-state index in [0.29, 0.717) is 18.8 Å². The Kier molecular flexibility index (Phi) is 4.61. The molecular weight excluding hydrogens is 352 g/mol. The number of hydrogen-bond donors (Lipinski definition) is 1. The lowest BCUT2D eigenvalue weighted by atomic mass is 9.90. The Balaban J connectivity index is 1.68. The fraction of sp³-hybridized carbons (Fsp3) is 0.476. The zero-order valence-corrected chi connectivity index (χ0v) is 16.9. The third-order valence-corrected chi connectivity index (χ3v) is 4.97. The van der Waals surface area contributed by atoms with Crippen LogP contribution in [0.25, 0.3) is 22.4 Å². The fourth-order valence-electron chi connectivity index (χ4n) is 3.79. The van der Waals surface area contributed by atoms with Gasteiger partial charge in [0.05, 0.1) is 24.5 Å². The minimum absolute atomic E-state index is 0.0133. The van der Waals surface area contributed by atoms with Crippen molar-refractivity contribution < 1.29 is 4.79 Å². The molecule has 7 heteroatoms. The van der Waals surface area contributed by atoms with Crippen molar-refractivity contribution in [2.45, 2.75) is 46.5 Å². The summed E-state index contributed by atoms with van der Waals surface area (Å²) in [5.74, 6) is 1.68. The van der Waals surface area contributed by atoms with Gasteiger partial charge in [0.2, 0.25) is 0 Å². The number of aromatic nitrogens is 5. The summed E-state index contributed by atoms with van der Waals surface area (Å²) >= 11 is 0. The number of Topliss-reactive ketones (excluding diaryl/α,β-unsaturated/α-hetero) is 1. The first kappa shape index (κ1) is 18.5. The number of carbonyl (C=O) groups is 1. The van der Waals surface area contributed by atoms with Gasteiger partial charge in [0, 0.05) is 30.1 Å². The summed E-state index contributed by atoms with van der Waals surface area (Å²) in [5, 5.41) is 7.94. The van der Waals surface area contributed by atoms with E-state index in [1.54, 1.807) is 12.4 Å². The minimum atomic E-state index is -0.0133. The Bertz CT molecular complexity index is 1030. The highest BCUT2D eigenvalue weighted by atomic mass is 16.1. The standard InChI is InChI=1S/C21H26N6O/c1-21(2,3)9-14(28)12-27(4)20-15-6-5-7-16(15)24-19(25-20)17-8-13-10-23-26-18(13)11-22-17/h8,10-11H,5-7,9,12H2,1-4H3,(H,23,26). The average molecular weight is 378 g/mol. The van der Waals surface area contributed by atoms with Gasteiger partial charge in [-0.3, -0.25) is 14.9 Å². The van der Waals surface area contributed by atoms with E-state index in [1.165, 1.54) is 5.56 Å². The molecular formula is C21H26N6O. The number of fused-ring (bicyclic) bond motifs is 2. The normalized spacial score (nSPS) is 13.7. The monoisotopic (exact) mass is 378 g/mol. The minimum Gasteiger partial charge on any atom is -0.352 e. The summed E-state index contributed by atoms with van der Waals surface area (Å²) < 4.78 is 0. The zero-order valence-electron chi connectivity index (χ0n) is 16.9. The molecule has 28 heavy (non-hydrogen) atoms. The first-order chi connectivity index (χ1) is 13.3. The van der Waals surface area contributed by atoms with E-state index in [2.05, 4.69) is 36.0 Å². The Hall–Kier alpha value is -2.83. The maximum absolute atomic E-state index is 12.5. The molecule has 0 radical (unpaired) electrons. The van der Waals surface area contributed by atoms with Crippen LogP contribution in [0.4, 0.5) is 5.82 Å². The van der Waals surface area contributed by atoms with Crippen molar-refractivity contribution in [3.05, 3.63) is 29.7 Å². The maximum atomic E-state index is 12.5. The lowest BCUT2D eigenvalue weighted by Gasteiger charge is -2.23. The van der Waals surface area contributed by atoms with Gasteiger partial charge < -0.3 is 4.90 Å². The molecule has 0 atom stereocenters. The molecule has 3 heterocycles. The highest BCUT2D eigenvalue weighted by Crippen LogP contribution is 2.31. The number of hydrogen-bond acceptors (Lipinski definition) is 6. The van der Waals surface area contributed by atoms with Crippen molar-refractivity contribution in [1.82, 2.24) is 25.1 Å². The van der Waals surface area contributed by atoms with Crippen LogP contribution >= 0.6 is 0 Å². The van der Waals surface area contributed by atoms with E-state index in [4.69, 9.17) is 9.97 Å². The predicted molar refractivity (Wildman–Crippen MR) is 109 cm³/mol. The number of aryl methyl sites for hydroxylation is 1. The van der Waals surface area contributed by atoms with Gasteiger partial charge in [-0.2, -0.15) is 5.10 Å². The molecule has 0 aromatic carbocycles. The van der Waals surface area contributed by atoms with Gasteiger partial charge in [0.25, 0.3) is 0 Å². The summed E-state index contributed by atoms with van der Waals surface area (Å²) in [7, 11) is 1.94. The number of likely N-dealkylation sites (N-methyl/N-ethyl adjacent to an activating group) is 1. The van der Waals surface area contributed by atoms with E-state index in [9.17, 15) is 4.79 Å². The SMILES string of the molecule is CN(CC(=O)CC(C)(C)C)c1nc(-c2cc3cn[nH]c3cn2)nc2c1CCC2. The Morgan fingerprint density at radius 1 is 1.21 bits per heavy atom. The number of nitrogens with one attached hydrogen (secondary N) is 1. The molecule has 1 N–H and O–H groups in total. The molecule has 1 aliphatic rings. The zero-order chi connectivity index (χ0) is 19.9. The van der Waals surface area contributed by atoms with Gasteiger partial charge in [-0.15, -0.1) is 0 Å². The number of ketones is 1. The van der Waals surface area contributed by atoms with E-state index in [1.807, 2.05) is 18.0 Å². The highest BCUT2D eigenvalue weighted by molar-refractivity contribution is 5.84. The van der Waals surface area contributed by atoms with Crippen molar-refractivity contribution >= 4 is 22.5 Å². The van der Waals surface area contributed by atoms with Crippen molar-refractivity contribution in [2.75, 3.05) is 18.5 Å². The molecule has 1 aliphatic carbocycles. The van der Waals surface area contributed by atoms with E-state index in [0.717, 1.165) is 47.4 Å². The van der Waals surface area contributed by atoms with Crippen molar-refractivity contribution in [2.24, 2.45) is 5.41 Å². The van der Waals surface area contributed by atoms with E-state index >= 15 is 0 Å². The van der Waals surface area contributed by atoms with Gasteiger partial charge >= 0.3 is 0 Å². The third kappa shape index (κ3) is 3.74. The van der Waals surface area contributed by atoms with Crippen LogP contribution in [-0.2, 0) is 17.6 Å². The Morgan fingerprint density at radius 3 is 2.82 bits per heavy atom. The van der Waals surface area contributed by atoms with Crippen LogP contribution in [0.3, 0.4) is 0 Å². The molecule has 3 aromatic heterocycles. The predicted octanol–water partition coefficient (Wildman–Crippen LogP) is 3.35. The van der Waals surface area contributed by atoms with Gasteiger partial charge in [-0.1, -0.05) is 20.8 Å². The number of nitrogens with zero attached hydrogens (tertiary/aromatic N) is 5. The van der Waals surface area contributed by atoms with Crippen LogP contribution in [0.2, 0.25) is 0 Å². The molecule has 0 saturated carbocycles. The third-order valence-electron chi connectivity index (χ3n) is 4.97. The second-order valence-electron chi connectivity index (χ2n) is 8.81. The second-order valence-corrected chi connectivity index (χ2v) is 8.81. The molecule has 0 saturated heterocycles. The topological polar surface area (TPSA) is 87.7 Å². The van der Waals surface area contributed by atoms with Crippen LogP contribution in [-0.4, -0.2) is 44.5 Å². The molecule has 0 aliphatic heterocycles. The number of carbonyl (C=O) groups excluding carboxylic acids is 1. The first-order valence-corrected chi connectivity index (χ1v) is 9.72. The summed E-state index contributed by atoms with van der Waals surface area (Å²) in [6, 6.07) is 1.95. The lowest BCUT2D eigenvalue weighted by molar-refractivity contribution is -0.119. The summed E-state index contributed by atoms with van der Waals surface area (Å²) in [6.07, 6.45) is 7.04.